The molecule has 1 rings (SSSR count). The molecule has 0 aliphatic rings. The number of carbonyl (C=O) groups excluding carboxylic acids is 1. The minimum absolute atomic E-state index is 0.0108. The van der Waals surface area contributed by atoms with Crippen LogP contribution >= 0.6 is 15.9 Å². The van der Waals surface area contributed by atoms with Crippen LogP contribution < -0.4 is 5.32 Å². The van der Waals surface area contributed by atoms with Gasteiger partial charge in [-0.05, 0) is 36.2 Å². The molecule has 0 atom stereocenters. The Morgan fingerprint density at radius 2 is 2.11 bits per heavy atom. The molecule has 1 aromatic rings. The molecule has 1 heterocycles. The highest BCUT2D eigenvalue weighted by atomic mass is 79.9. The molecule has 1 aromatic heterocycles. The molecule has 98 valence electrons. The Morgan fingerprint density at radius 3 is 2.61 bits per heavy atom. The lowest BCUT2D eigenvalue weighted by Gasteiger charge is -2.09. The molecule has 18 heavy (non-hydrogen) atoms. The van der Waals surface area contributed by atoms with E-state index in [1.807, 2.05) is 6.92 Å². The quantitative estimate of drug-likeness (QED) is 0.683. The first kappa shape index (κ1) is 14.6. The highest BCUT2D eigenvalue weighted by Crippen LogP contribution is 2.33. The maximum Gasteiger partial charge on any atom is 0.315 e. The molecule has 6 nitrogen and oxygen atoms in total. The Bertz CT molecular complexity index is 503. The van der Waals surface area contributed by atoms with Gasteiger partial charge in [0.25, 0.3) is 0 Å². The molecule has 0 bridgehead atoms. The number of nitro groups is 1. The predicted molar refractivity (Wildman–Crippen MR) is 71.6 cm³/mol. The summed E-state index contributed by atoms with van der Waals surface area (Å²) in [6, 6.07) is 0. The zero-order chi connectivity index (χ0) is 13.9. The van der Waals surface area contributed by atoms with Crippen molar-refractivity contribution in [2.24, 2.45) is 0 Å². The lowest BCUT2D eigenvalue weighted by atomic mass is 10.2. The number of amides is 1. The summed E-state index contributed by atoms with van der Waals surface area (Å²) in [5, 5.41) is 13.5. The summed E-state index contributed by atoms with van der Waals surface area (Å²) in [6.45, 7) is 5.20. The third-order valence-corrected chi connectivity index (χ3v) is 3.59. The summed E-state index contributed by atoms with van der Waals surface area (Å²) < 4.78 is 0.586. The van der Waals surface area contributed by atoms with Crippen LogP contribution in [0, 0.1) is 24.0 Å². The van der Waals surface area contributed by atoms with Gasteiger partial charge < -0.3 is 5.32 Å². The van der Waals surface area contributed by atoms with Crippen molar-refractivity contribution >= 4 is 33.3 Å². The van der Waals surface area contributed by atoms with E-state index in [0.29, 0.717) is 28.6 Å². The second kappa shape index (κ2) is 5.90. The van der Waals surface area contributed by atoms with Crippen LogP contribution in [-0.4, -0.2) is 15.8 Å². The average molecular weight is 316 g/mol. The summed E-state index contributed by atoms with van der Waals surface area (Å²) in [6.07, 6.45) is 0.987. The largest absolute Gasteiger partial charge is 0.315 e. The first-order valence-corrected chi connectivity index (χ1v) is 6.28. The molecule has 7 heteroatoms. The summed E-state index contributed by atoms with van der Waals surface area (Å²) in [4.78, 5) is 26.1. The van der Waals surface area contributed by atoms with E-state index in [0.717, 1.165) is 0 Å². The maximum atomic E-state index is 11.5. The number of anilines is 1. The van der Waals surface area contributed by atoms with E-state index in [2.05, 4.69) is 26.2 Å². The first-order valence-electron chi connectivity index (χ1n) is 5.49. The highest BCUT2D eigenvalue weighted by molar-refractivity contribution is 9.10. The van der Waals surface area contributed by atoms with Crippen molar-refractivity contribution in [3.63, 3.8) is 0 Å². The van der Waals surface area contributed by atoms with Gasteiger partial charge in [-0.1, -0.05) is 6.92 Å². The van der Waals surface area contributed by atoms with Crippen molar-refractivity contribution in [2.45, 2.75) is 33.6 Å². The van der Waals surface area contributed by atoms with Gasteiger partial charge in [0.2, 0.25) is 11.7 Å². The monoisotopic (exact) mass is 315 g/mol. The van der Waals surface area contributed by atoms with Gasteiger partial charge in [-0.25, -0.2) is 4.98 Å². The second-order valence-corrected chi connectivity index (χ2v) is 4.68. The first-order chi connectivity index (χ1) is 8.38. The number of aryl methyl sites for hydroxylation is 1. The lowest BCUT2D eigenvalue weighted by molar-refractivity contribution is -0.384. The summed E-state index contributed by atoms with van der Waals surface area (Å²) in [7, 11) is 0. The van der Waals surface area contributed by atoms with Gasteiger partial charge in [0, 0.05) is 16.5 Å². The maximum absolute atomic E-state index is 11.5. The number of aromatic nitrogens is 1. The molecule has 0 radical (unpaired) electrons. The Morgan fingerprint density at radius 1 is 1.50 bits per heavy atom. The molecule has 0 aliphatic carbocycles. The molecule has 0 spiro atoms. The smallest absolute Gasteiger partial charge is 0.305 e. The zero-order valence-electron chi connectivity index (χ0n) is 10.4. The van der Waals surface area contributed by atoms with Gasteiger partial charge in [0.05, 0.1) is 10.6 Å². The van der Waals surface area contributed by atoms with E-state index in [4.69, 9.17) is 0 Å². The van der Waals surface area contributed by atoms with Crippen LogP contribution in [0.15, 0.2) is 4.47 Å². The molecular weight excluding hydrogens is 302 g/mol. The van der Waals surface area contributed by atoms with Crippen LogP contribution in [0.1, 0.15) is 31.0 Å². The molecule has 0 fully saturated rings. The number of nitrogens with zero attached hydrogens (tertiary/aromatic N) is 2. The average Bonchev–Trinajstić information content (AvgIpc) is 2.25. The second-order valence-electron chi connectivity index (χ2n) is 3.89. The van der Waals surface area contributed by atoms with E-state index in [9.17, 15) is 14.9 Å². The van der Waals surface area contributed by atoms with Crippen LogP contribution in [0.25, 0.3) is 0 Å². The topological polar surface area (TPSA) is 85.1 Å². The van der Waals surface area contributed by atoms with Crippen molar-refractivity contribution in [3.8, 4) is 0 Å². The Hall–Kier alpha value is -1.50. The summed E-state index contributed by atoms with van der Waals surface area (Å²) in [5.41, 5.74) is 0.890. The molecule has 0 saturated heterocycles. The predicted octanol–water partition coefficient (Wildman–Crippen LogP) is 3.11. The highest BCUT2D eigenvalue weighted by Gasteiger charge is 2.24. The Labute approximate surface area is 113 Å². The van der Waals surface area contributed by atoms with Gasteiger partial charge >= 0.3 is 5.69 Å². The molecular formula is C11H14BrN3O3. The van der Waals surface area contributed by atoms with E-state index in [1.54, 1.807) is 13.8 Å². The molecule has 0 aromatic carbocycles. The molecule has 1 amide bonds. The van der Waals surface area contributed by atoms with Crippen LogP contribution in [-0.2, 0) is 4.79 Å². The van der Waals surface area contributed by atoms with E-state index in [1.165, 1.54) is 0 Å². The summed E-state index contributed by atoms with van der Waals surface area (Å²) >= 11 is 3.25. The van der Waals surface area contributed by atoms with Crippen molar-refractivity contribution in [2.75, 3.05) is 5.32 Å². The number of nitrogens with one attached hydrogen (secondary N) is 1. The lowest BCUT2D eigenvalue weighted by Crippen LogP contribution is -2.14. The fourth-order valence-corrected chi connectivity index (χ4v) is 1.83. The van der Waals surface area contributed by atoms with Crippen molar-refractivity contribution < 1.29 is 9.72 Å². The van der Waals surface area contributed by atoms with E-state index >= 15 is 0 Å². The molecule has 0 unspecified atom stereocenters. The number of pyridine rings is 1. The zero-order valence-corrected chi connectivity index (χ0v) is 12.0. The van der Waals surface area contributed by atoms with Crippen molar-refractivity contribution in [1.82, 2.24) is 4.98 Å². The normalized spacial score (nSPS) is 10.2. The van der Waals surface area contributed by atoms with Gasteiger partial charge in [0.15, 0.2) is 0 Å². The van der Waals surface area contributed by atoms with Crippen LogP contribution in [0.4, 0.5) is 11.5 Å². The molecule has 1 N–H and O–H groups in total. The third-order valence-electron chi connectivity index (χ3n) is 2.42. The fraction of sp³-hybridized carbons (Fsp3) is 0.455. The van der Waals surface area contributed by atoms with Crippen LogP contribution in [0.2, 0.25) is 0 Å². The van der Waals surface area contributed by atoms with Crippen molar-refractivity contribution in [1.29, 1.82) is 0 Å². The number of rotatable bonds is 4. The van der Waals surface area contributed by atoms with E-state index in [-0.39, 0.29) is 17.4 Å². The third kappa shape index (κ3) is 3.04. The number of halogens is 1. The molecule has 0 saturated carbocycles. The van der Waals surface area contributed by atoms with Crippen LogP contribution in [0.5, 0.6) is 0 Å². The summed E-state index contributed by atoms with van der Waals surface area (Å²) in [5.74, 6) is -0.258. The number of hydrogen-bond donors (Lipinski definition) is 1. The van der Waals surface area contributed by atoms with Gasteiger partial charge in [-0.2, -0.15) is 0 Å². The Kier molecular flexibility index (Phi) is 4.77. The van der Waals surface area contributed by atoms with Gasteiger partial charge in [-0.15, -0.1) is 0 Å². The minimum Gasteiger partial charge on any atom is -0.305 e. The van der Waals surface area contributed by atoms with Crippen LogP contribution in [0.3, 0.4) is 0 Å². The molecule has 0 aliphatic heterocycles. The fourth-order valence-electron chi connectivity index (χ4n) is 1.55. The Balaban J connectivity index is 3.25. The SMILES string of the molecule is CCCC(=O)Nc1nc(C)c(Br)c(C)c1[N+](=O)[O-]. The number of carbonyl (C=O) groups is 1. The van der Waals surface area contributed by atoms with E-state index < -0.39 is 4.92 Å². The minimum atomic E-state index is -0.534. The van der Waals surface area contributed by atoms with Gasteiger partial charge in [-0.3, -0.25) is 14.9 Å². The standard InChI is InChI=1S/C11H14BrN3O3/c1-4-5-8(16)14-11-10(15(17)18)6(2)9(12)7(3)13-11/h4-5H2,1-3H3,(H,13,14,16). The van der Waals surface area contributed by atoms with Crippen molar-refractivity contribution in [3.05, 3.63) is 25.8 Å². The van der Waals surface area contributed by atoms with Gasteiger partial charge in [0.1, 0.15) is 0 Å². The number of hydrogen-bond acceptors (Lipinski definition) is 4.